The van der Waals surface area contributed by atoms with Gasteiger partial charge in [0.05, 0.1) is 6.54 Å². The van der Waals surface area contributed by atoms with Crippen LogP contribution >= 0.6 is 47.1 Å². The number of hydrogen-bond acceptors (Lipinski definition) is 4. The molecule has 1 fully saturated rings. The Labute approximate surface area is 146 Å². The summed E-state index contributed by atoms with van der Waals surface area (Å²) in [5.74, 6) is 2.18. The van der Waals surface area contributed by atoms with Crippen molar-refractivity contribution in [2.75, 3.05) is 18.8 Å². The fourth-order valence-electron chi connectivity index (χ4n) is 2.07. The predicted octanol–water partition coefficient (Wildman–Crippen LogP) is 3.10. The fourth-order valence-corrected chi connectivity index (χ4v) is 3.85. The molecule has 20 heavy (non-hydrogen) atoms. The first kappa shape index (κ1) is 18.0. The molecule has 1 aliphatic heterocycles. The highest BCUT2D eigenvalue weighted by Gasteiger charge is 2.29. The van der Waals surface area contributed by atoms with Crippen molar-refractivity contribution < 1.29 is 0 Å². The van der Waals surface area contributed by atoms with Gasteiger partial charge in [0.1, 0.15) is 5.01 Å². The van der Waals surface area contributed by atoms with Crippen LogP contribution in [0, 0.1) is 0 Å². The lowest BCUT2D eigenvalue weighted by molar-refractivity contribution is 0.584. The summed E-state index contributed by atoms with van der Waals surface area (Å²) in [6.07, 6.45) is 4.44. The zero-order chi connectivity index (χ0) is 13.6. The van der Waals surface area contributed by atoms with Crippen LogP contribution in [-0.4, -0.2) is 34.5 Å². The summed E-state index contributed by atoms with van der Waals surface area (Å²) in [5.41, 5.74) is 0. The molecule has 4 nitrogen and oxygen atoms in total. The third kappa shape index (κ3) is 5.77. The minimum absolute atomic E-state index is 0. The maximum atomic E-state index is 4.58. The van der Waals surface area contributed by atoms with E-state index in [0.29, 0.717) is 11.3 Å². The lowest BCUT2D eigenvalue weighted by atomic mass is 10.1. The molecule has 1 aromatic rings. The summed E-state index contributed by atoms with van der Waals surface area (Å²) in [6, 6.07) is 0. The molecule has 2 rings (SSSR count). The lowest BCUT2D eigenvalue weighted by Gasteiger charge is -2.24. The van der Waals surface area contributed by atoms with E-state index in [1.807, 2.05) is 11.6 Å². The maximum Gasteiger partial charge on any atom is 0.191 e. The van der Waals surface area contributed by atoms with Gasteiger partial charge in [0.15, 0.2) is 5.96 Å². The molecule has 1 aromatic heterocycles. The first-order valence-corrected chi connectivity index (χ1v) is 8.63. The van der Waals surface area contributed by atoms with Gasteiger partial charge in [-0.15, -0.1) is 35.3 Å². The van der Waals surface area contributed by atoms with Crippen LogP contribution in [0.4, 0.5) is 0 Å². The van der Waals surface area contributed by atoms with Gasteiger partial charge >= 0.3 is 0 Å². The highest BCUT2D eigenvalue weighted by molar-refractivity contribution is 14.0. The Bertz CT molecular complexity index is 403. The Morgan fingerprint density at radius 1 is 1.50 bits per heavy atom. The lowest BCUT2D eigenvalue weighted by Crippen LogP contribution is -2.43. The monoisotopic (exact) mass is 426 g/mol. The predicted molar refractivity (Wildman–Crippen MR) is 100 cm³/mol. The van der Waals surface area contributed by atoms with Crippen molar-refractivity contribution in [2.45, 2.75) is 38.0 Å². The van der Waals surface area contributed by atoms with Crippen LogP contribution < -0.4 is 10.6 Å². The number of rotatable bonds is 5. The molecule has 1 aliphatic rings. The Hall–Kier alpha value is -0.0200. The molecular formula is C13H23IN4S2. The number of thiazole rings is 1. The van der Waals surface area contributed by atoms with Crippen molar-refractivity contribution in [3.63, 3.8) is 0 Å². The van der Waals surface area contributed by atoms with Gasteiger partial charge in [-0.25, -0.2) is 9.98 Å². The fraction of sp³-hybridized carbons (Fsp3) is 0.692. The van der Waals surface area contributed by atoms with Gasteiger partial charge in [-0.3, -0.25) is 0 Å². The third-order valence-electron chi connectivity index (χ3n) is 3.13. The Morgan fingerprint density at radius 3 is 2.95 bits per heavy atom. The van der Waals surface area contributed by atoms with Crippen molar-refractivity contribution in [1.82, 2.24) is 15.6 Å². The van der Waals surface area contributed by atoms with Gasteiger partial charge in [-0.1, -0.05) is 0 Å². The summed E-state index contributed by atoms with van der Waals surface area (Å²) >= 11 is 3.71. The van der Waals surface area contributed by atoms with Crippen molar-refractivity contribution in [2.24, 2.45) is 4.99 Å². The first-order chi connectivity index (χ1) is 9.22. The van der Waals surface area contributed by atoms with E-state index in [4.69, 9.17) is 0 Å². The molecule has 0 spiro atoms. The van der Waals surface area contributed by atoms with Crippen LogP contribution in [-0.2, 0) is 6.54 Å². The van der Waals surface area contributed by atoms with E-state index in [0.717, 1.165) is 24.1 Å². The Kier molecular flexibility index (Phi) is 8.20. The van der Waals surface area contributed by atoms with Crippen LogP contribution in [0.15, 0.2) is 16.6 Å². The van der Waals surface area contributed by atoms with Gasteiger partial charge in [-0.2, -0.15) is 11.8 Å². The van der Waals surface area contributed by atoms with E-state index < -0.39 is 0 Å². The SMILES string of the molecule is CCNC(=NCc1nccs1)NCC1(C)CCCS1.I. The normalized spacial score (nSPS) is 22.4. The van der Waals surface area contributed by atoms with E-state index in [1.165, 1.54) is 18.6 Å². The summed E-state index contributed by atoms with van der Waals surface area (Å²) in [5, 5.41) is 9.79. The van der Waals surface area contributed by atoms with Gasteiger partial charge < -0.3 is 10.6 Å². The highest BCUT2D eigenvalue weighted by atomic mass is 127. The van der Waals surface area contributed by atoms with E-state index in [1.54, 1.807) is 11.3 Å². The van der Waals surface area contributed by atoms with Crippen LogP contribution in [0.1, 0.15) is 31.7 Å². The molecule has 1 atom stereocenters. The van der Waals surface area contributed by atoms with Crippen LogP contribution in [0.5, 0.6) is 0 Å². The number of halogens is 1. The Balaban J connectivity index is 0.00000200. The second-order valence-electron chi connectivity index (χ2n) is 4.88. The average molecular weight is 426 g/mol. The zero-order valence-corrected chi connectivity index (χ0v) is 16.0. The molecule has 1 saturated heterocycles. The molecule has 0 bridgehead atoms. The van der Waals surface area contributed by atoms with Gasteiger partial charge in [0, 0.05) is 29.4 Å². The van der Waals surface area contributed by atoms with Gasteiger partial charge in [0.25, 0.3) is 0 Å². The van der Waals surface area contributed by atoms with Crippen molar-refractivity contribution in [3.8, 4) is 0 Å². The molecular weight excluding hydrogens is 403 g/mol. The molecule has 0 aromatic carbocycles. The zero-order valence-electron chi connectivity index (χ0n) is 12.0. The molecule has 2 heterocycles. The summed E-state index contributed by atoms with van der Waals surface area (Å²) in [4.78, 5) is 8.83. The molecule has 7 heteroatoms. The van der Waals surface area contributed by atoms with Crippen molar-refractivity contribution in [3.05, 3.63) is 16.6 Å². The quantitative estimate of drug-likeness (QED) is 0.432. The third-order valence-corrected chi connectivity index (χ3v) is 5.43. The van der Waals surface area contributed by atoms with E-state index in [9.17, 15) is 0 Å². The van der Waals surface area contributed by atoms with Crippen molar-refractivity contribution >= 4 is 53.0 Å². The molecule has 0 radical (unpaired) electrons. The average Bonchev–Trinajstić information content (AvgIpc) is 3.05. The summed E-state index contributed by atoms with van der Waals surface area (Å²) < 4.78 is 0.359. The minimum Gasteiger partial charge on any atom is -0.357 e. The summed E-state index contributed by atoms with van der Waals surface area (Å²) in [7, 11) is 0. The largest absolute Gasteiger partial charge is 0.357 e. The smallest absolute Gasteiger partial charge is 0.191 e. The number of nitrogens with zero attached hydrogens (tertiary/aromatic N) is 2. The van der Waals surface area contributed by atoms with E-state index >= 15 is 0 Å². The second-order valence-corrected chi connectivity index (χ2v) is 7.54. The molecule has 114 valence electrons. The Morgan fingerprint density at radius 2 is 2.35 bits per heavy atom. The summed E-state index contributed by atoms with van der Waals surface area (Å²) in [6.45, 7) is 6.93. The topological polar surface area (TPSA) is 49.3 Å². The van der Waals surface area contributed by atoms with Crippen LogP contribution in [0.25, 0.3) is 0 Å². The van der Waals surface area contributed by atoms with Crippen LogP contribution in [0.2, 0.25) is 0 Å². The standard InChI is InChI=1S/C13H22N4S2.HI/c1-3-14-12(16-9-11-15-6-8-18-11)17-10-13(2)5-4-7-19-13;/h6,8H,3-5,7,9-10H2,1-2H3,(H2,14,16,17);1H. The van der Waals surface area contributed by atoms with Gasteiger partial charge in [-0.05, 0) is 32.4 Å². The number of aromatic nitrogens is 1. The van der Waals surface area contributed by atoms with Crippen molar-refractivity contribution in [1.29, 1.82) is 0 Å². The molecule has 1 unspecified atom stereocenters. The first-order valence-electron chi connectivity index (χ1n) is 6.76. The molecule has 0 aliphatic carbocycles. The van der Waals surface area contributed by atoms with Crippen LogP contribution in [0.3, 0.4) is 0 Å². The maximum absolute atomic E-state index is 4.58. The van der Waals surface area contributed by atoms with Gasteiger partial charge in [0.2, 0.25) is 0 Å². The molecule has 2 N–H and O–H groups in total. The molecule has 0 saturated carbocycles. The number of guanidine groups is 1. The number of thioether (sulfide) groups is 1. The van der Waals surface area contributed by atoms with E-state index in [2.05, 4.69) is 46.2 Å². The molecule has 0 amide bonds. The highest BCUT2D eigenvalue weighted by Crippen LogP contribution is 2.36. The number of nitrogens with one attached hydrogen (secondary N) is 2. The second kappa shape index (κ2) is 9.09. The number of aliphatic imine (C=N–C) groups is 1. The number of hydrogen-bond donors (Lipinski definition) is 2. The minimum atomic E-state index is 0. The van der Waals surface area contributed by atoms with E-state index in [-0.39, 0.29) is 24.0 Å².